The van der Waals surface area contributed by atoms with Crippen molar-refractivity contribution in [1.82, 2.24) is 0 Å². The third-order valence-electron chi connectivity index (χ3n) is 2.65. The number of carbonyl (C=O) groups is 1. The van der Waals surface area contributed by atoms with Crippen molar-refractivity contribution in [3.63, 3.8) is 0 Å². The van der Waals surface area contributed by atoms with Crippen molar-refractivity contribution < 1.29 is 14.3 Å². The second-order valence-electron chi connectivity index (χ2n) is 3.95. The highest BCUT2D eigenvalue weighted by Crippen LogP contribution is 2.44. The van der Waals surface area contributed by atoms with E-state index in [1.165, 1.54) is 18.4 Å². The Kier molecular flexibility index (Phi) is 5.27. The van der Waals surface area contributed by atoms with Gasteiger partial charge in [-0.05, 0) is 6.42 Å². The van der Waals surface area contributed by atoms with Gasteiger partial charge in [-0.25, -0.2) is 4.79 Å². The molecule has 0 saturated heterocycles. The molecule has 0 fully saturated rings. The molecule has 6 heteroatoms. The lowest BCUT2D eigenvalue weighted by Crippen LogP contribution is -2.17. The molecule has 1 aromatic heterocycles. The van der Waals surface area contributed by atoms with Crippen LogP contribution in [-0.2, 0) is 4.74 Å². The van der Waals surface area contributed by atoms with E-state index < -0.39 is 5.97 Å². The molecule has 1 aromatic rings. The van der Waals surface area contributed by atoms with Crippen LogP contribution in [0, 0.1) is 0 Å². The molecule has 0 aliphatic heterocycles. The quantitative estimate of drug-likeness (QED) is 0.805. The summed E-state index contributed by atoms with van der Waals surface area (Å²) in [5.74, 6) is 0.130. The number of hydrogen-bond donors (Lipinski definition) is 1. The lowest BCUT2D eigenvalue weighted by atomic mass is 10.3. The van der Waals surface area contributed by atoms with E-state index in [-0.39, 0.29) is 0 Å². The van der Waals surface area contributed by atoms with E-state index >= 15 is 0 Å². The number of thiophene rings is 1. The molecular formula is C12H20N2O3S. The van der Waals surface area contributed by atoms with Crippen LogP contribution in [0.25, 0.3) is 0 Å². The molecule has 0 saturated carbocycles. The normalized spacial score (nSPS) is 10.2. The van der Waals surface area contributed by atoms with Gasteiger partial charge in [-0.2, -0.15) is 0 Å². The van der Waals surface area contributed by atoms with E-state index in [4.69, 9.17) is 15.2 Å². The molecule has 0 aliphatic rings. The summed E-state index contributed by atoms with van der Waals surface area (Å²) in [6, 6.07) is 0. The van der Waals surface area contributed by atoms with Gasteiger partial charge in [-0.1, -0.05) is 13.3 Å². The van der Waals surface area contributed by atoms with Crippen LogP contribution in [0.5, 0.6) is 5.75 Å². The second kappa shape index (κ2) is 6.49. The molecule has 18 heavy (non-hydrogen) atoms. The highest BCUT2D eigenvalue weighted by Gasteiger charge is 2.24. The van der Waals surface area contributed by atoms with Crippen molar-refractivity contribution in [2.24, 2.45) is 0 Å². The Morgan fingerprint density at radius 2 is 2.11 bits per heavy atom. The van der Waals surface area contributed by atoms with Crippen molar-refractivity contribution in [3.8, 4) is 5.75 Å². The van der Waals surface area contributed by atoms with Gasteiger partial charge in [0.1, 0.15) is 15.6 Å². The summed E-state index contributed by atoms with van der Waals surface area (Å²) < 4.78 is 10.00. The van der Waals surface area contributed by atoms with Crippen molar-refractivity contribution in [2.45, 2.75) is 19.8 Å². The number of methoxy groups -OCH3 is 2. The maximum absolute atomic E-state index is 11.6. The molecule has 0 aromatic carbocycles. The van der Waals surface area contributed by atoms with Gasteiger partial charge >= 0.3 is 5.97 Å². The number of unbranched alkanes of at least 4 members (excludes halogenated alkanes) is 1. The lowest BCUT2D eigenvalue weighted by molar-refractivity contribution is 0.0607. The zero-order chi connectivity index (χ0) is 13.7. The fraction of sp³-hybridized carbons (Fsp3) is 0.583. The summed E-state index contributed by atoms with van der Waals surface area (Å²) in [6.45, 7) is 3.03. The predicted octanol–water partition coefficient (Wildman–Crippen LogP) is 2.36. The minimum absolute atomic E-state index is 0.354. The number of rotatable bonds is 6. The predicted molar refractivity (Wildman–Crippen MR) is 74.8 cm³/mol. The zero-order valence-corrected chi connectivity index (χ0v) is 12.1. The fourth-order valence-electron chi connectivity index (χ4n) is 1.61. The molecule has 102 valence electrons. The number of carbonyl (C=O) groups excluding carboxylic acids is 1. The molecule has 0 radical (unpaired) electrons. The van der Waals surface area contributed by atoms with Crippen LogP contribution in [0.1, 0.15) is 29.4 Å². The summed E-state index contributed by atoms with van der Waals surface area (Å²) >= 11 is 1.30. The van der Waals surface area contributed by atoms with E-state index in [0.717, 1.165) is 24.4 Å². The molecule has 0 spiro atoms. The van der Waals surface area contributed by atoms with Crippen molar-refractivity contribution >= 4 is 28.0 Å². The maximum Gasteiger partial charge on any atom is 0.350 e. The Hall–Kier alpha value is -1.43. The van der Waals surface area contributed by atoms with Gasteiger partial charge in [0.15, 0.2) is 5.75 Å². The average molecular weight is 272 g/mol. The van der Waals surface area contributed by atoms with Gasteiger partial charge < -0.3 is 20.1 Å². The van der Waals surface area contributed by atoms with Gasteiger partial charge in [0.25, 0.3) is 0 Å². The molecule has 0 aliphatic carbocycles. The Morgan fingerprint density at radius 1 is 1.44 bits per heavy atom. The minimum atomic E-state index is -0.425. The number of ether oxygens (including phenoxy) is 2. The van der Waals surface area contributed by atoms with E-state index in [2.05, 4.69) is 11.8 Å². The number of nitrogens with two attached hydrogens (primary N) is 1. The Morgan fingerprint density at radius 3 is 2.61 bits per heavy atom. The topological polar surface area (TPSA) is 64.8 Å². The van der Waals surface area contributed by atoms with Crippen LogP contribution in [0.3, 0.4) is 0 Å². The SMILES string of the molecule is CCCCN(C)c1sc(C(=O)OC)c(N)c1OC. The molecule has 0 atom stereocenters. The number of esters is 1. The molecular weight excluding hydrogens is 252 g/mol. The van der Waals surface area contributed by atoms with Crippen LogP contribution in [0.2, 0.25) is 0 Å². The van der Waals surface area contributed by atoms with E-state index in [1.807, 2.05) is 7.05 Å². The molecule has 0 amide bonds. The van der Waals surface area contributed by atoms with Crippen LogP contribution >= 0.6 is 11.3 Å². The standard InChI is InChI=1S/C12H20N2O3S/c1-5-6-7-14(2)11-9(16-3)8(13)10(18-11)12(15)17-4/h5-7,13H2,1-4H3. The van der Waals surface area contributed by atoms with Crippen molar-refractivity contribution in [2.75, 3.05) is 38.4 Å². The van der Waals surface area contributed by atoms with E-state index in [1.54, 1.807) is 7.11 Å². The van der Waals surface area contributed by atoms with Gasteiger partial charge in [-0.3, -0.25) is 0 Å². The Bertz CT molecular complexity index is 418. The third kappa shape index (κ3) is 2.87. The van der Waals surface area contributed by atoms with Crippen LogP contribution in [-0.4, -0.2) is 33.8 Å². The molecule has 2 N–H and O–H groups in total. The first-order valence-corrected chi connectivity index (χ1v) is 6.64. The van der Waals surface area contributed by atoms with Gasteiger partial charge in [0, 0.05) is 13.6 Å². The number of nitrogen functional groups attached to an aromatic ring is 1. The summed E-state index contributed by atoms with van der Waals surface area (Å²) in [4.78, 5) is 14.0. The van der Waals surface area contributed by atoms with Crippen LogP contribution < -0.4 is 15.4 Å². The van der Waals surface area contributed by atoms with E-state index in [9.17, 15) is 4.79 Å². The van der Waals surface area contributed by atoms with Crippen LogP contribution in [0.15, 0.2) is 0 Å². The van der Waals surface area contributed by atoms with E-state index in [0.29, 0.717) is 16.3 Å². The molecule has 1 rings (SSSR count). The molecule has 0 unspecified atom stereocenters. The Labute approximate surface area is 111 Å². The van der Waals surface area contributed by atoms with Gasteiger partial charge in [0.2, 0.25) is 0 Å². The minimum Gasteiger partial charge on any atom is -0.492 e. The van der Waals surface area contributed by atoms with Crippen molar-refractivity contribution in [1.29, 1.82) is 0 Å². The summed E-state index contributed by atoms with van der Waals surface area (Å²) in [6.07, 6.45) is 2.18. The molecule has 1 heterocycles. The average Bonchev–Trinajstić information content (AvgIpc) is 2.72. The molecule has 5 nitrogen and oxygen atoms in total. The highest BCUT2D eigenvalue weighted by molar-refractivity contribution is 7.19. The zero-order valence-electron chi connectivity index (χ0n) is 11.3. The fourth-order valence-corrected chi connectivity index (χ4v) is 2.70. The number of anilines is 2. The van der Waals surface area contributed by atoms with Crippen LogP contribution in [0.4, 0.5) is 10.7 Å². The summed E-state index contributed by atoms with van der Waals surface area (Å²) in [5.41, 5.74) is 6.27. The maximum atomic E-state index is 11.6. The van der Waals surface area contributed by atoms with Gasteiger partial charge in [0.05, 0.1) is 14.2 Å². The monoisotopic (exact) mass is 272 g/mol. The summed E-state index contributed by atoms with van der Waals surface area (Å²) in [7, 11) is 4.86. The molecule has 0 bridgehead atoms. The largest absolute Gasteiger partial charge is 0.492 e. The van der Waals surface area contributed by atoms with Crippen molar-refractivity contribution in [3.05, 3.63) is 4.88 Å². The summed E-state index contributed by atoms with van der Waals surface area (Å²) in [5, 5.41) is 0.865. The van der Waals surface area contributed by atoms with Gasteiger partial charge in [-0.15, -0.1) is 11.3 Å². The highest BCUT2D eigenvalue weighted by atomic mass is 32.1. The first kappa shape index (κ1) is 14.6. The third-order valence-corrected chi connectivity index (χ3v) is 3.93. The first-order valence-electron chi connectivity index (χ1n) is 5.82. The lowest BCUT2D eigenvalue weighted by Gasteiger charge is -2.18. The number of nitrogens with zero attached hydrogens (tertiary/aromatic N) is 1. The first-order chi connectivity index (χ1) is 8.56. The Balaban J connectivity index is 3.07. The second-order valence-corrected chi connectivity index (χ2v) is 4.95. The smallest absolute Gasteiger partial charge is 0.350 e. The number of hydrogen-bond acceptors (Lipinski definition) is 6.